The Kier molecular flexibility index (Phi) is 3.39. The van der Waals surface area contributed by atoms with Crippen molar-refractivity contribution < 1.29 is 23.9 Å². The number of amides is 2. The fraction of sp³-hybridized carbons (Fsp3) is 0.417. The molecule has 1 unspecified atom stereocenters. The summed E-state index contributed by atoms with van der Waals surface area (Å²) < 4.78 is 5.09. The van der Waals surface area contributed by atoms with Gasteiger partial charge in [0.15, 0.2) is 0 Å². The van der Waals surface area contributed by atoms with Gasteiger partial charge in [-0.25, -0.2) is 4.79 Å². The first kappa shape index (κ1) is 13.3. The van der Waals surface area contributed by atoms with E-state index < -0.39 is 12.0 Å². The molecule has 0 saturated carbocycles. The maximum Gasteiger partial charge on any atom is 0.371 e. The molecule has 1 fully saturated rings. The molecule has 1 aliphatic rings. The lowest BCUT2D eigenvalue weighted by Gasteiger charge is -2.31. The van der Waals surface area contributed by atoms with Gasteiger partial charge in [-0.1, -0.05) is 0 Å². The fourth-order valence-corrected chi connectivity index (χ4v) is 1.96. The fourth-order valence-electron chi connectivity index (χ4n) is 1.96. The smallest absolute Gasteiger partial charge is 0.371 e. The normalized spacial score (nSPS) is 20.4. The Morgan fingerprint density at radius 2 is 2.26 bits per heavy atom. The first-order valence-corrected chi connectivity index (χ1v) is 5.79. The van der Waals surface area contributed by atoms with E-state index >= 15 is 0 Å². The van der Waals surface area contributed by atoms with Gasteiger partial charge in [0.2, 0.25) is 17.6 Å². The number of carboxylic acids is 1. The Labute approximate surface area is 109 Å². The molecule has 1 aromatic heterocycles. The van der Waals surface area contributed by atoms with E-state index in [0.717, 1.165) is 0 Å². The molecule has 2 heterocycles. The van der Waals surface area contributed by atoms with Crippen LogP contribution in [0.1, 0.15) is 28.8 Å². The monoisotopic (exact) mass is 266 g/mol. The van der Waals surface area contributed by atoms with Crippen molar-refractivity contribution >= 4 is 17.8 Å². The van der Waals surface area contributed by atoms with Crippen LogP contribution < -0.4 is 5.32 Å². The zero-order valence-corrected chi connectivity index (χ0v) is 10.6. The molecule has 1 aromatic rings. The van der Waals surface area contributed by atoms with Gasteiger partial charge in [-0.3, -0.25) is 19.8 Å². The Hall–Kier alpha value is -2.15. The Morgan fingerprint density at radius 1 is 1.58 bits per heavy atom. The topological polar surface area (TPSA) is 99.8 Å². The SMILES string of the molecule is Cc1oc(C(=O)O)cc1CN1CC(=O)NC(=O)C1C. The number of nitrogens with one attached hydrogen (secondary N) is 1. The molecule has 0 aromatic carbocycles. The van der Waals surface area contributed by atoms with Gasteiger partial charge in [0.1, 0.15) is 5.76 Å². The molecule has 2 rings (SSSR count). The van der Waals surface area contributed by atoms with Gasteiger partial charge in [-0.05, 0) is 19.9 Å². The summed E-state index contributed by atoms with van der Waals surface area (Å²) in [6.45, 7) is 3.73. The highest BCUT2D eigenvalue weighted by atomic mass is 16.4. The van der Waals surface area contributed by atoms with Crippen molar-refractivity contribution in [2.45, 2.75) is 26.4 Å². The standard InChI is InChI=1S/C12H14N2O5/c1-6-11(16)13-10(15)5-14(6)4-8-3-9(12(17)18)19-7(8)2/h3,6H,4-5H2,1-2H3,(H,17,18)(H,13,15,16). The van der Waals surface area contributed by atoms with E-state index in [1.54, 1.807) is 18.7 Å². The third kappa shape index (κ3) is 2.65. The number of piperazine rings is 1. The Bertz CT molecular complexity index is 548. The van der Waals surface area contributed by atoms with Gasteiger partial charge in [0, 0.05) is 12.1 Å². The molecule has 0 radical (unpaired) electrons. The average molecular weight is 266 g/mol. The van der Waals surface area contributed by atoms with E-state index in [9.17, 15) is 14.4 Å². The summed E-state index contributed by atoms with van der Waals surface area (Å²) >= 11 is 0. The van der Waals surface area contributed by atoms with Gasteiger partial charge in [0.05, 0.1) is 12.6 Å². The van der Waals surface area contributed by atoms with Crippen molar-refractivity contribution in [2.75, 3.05) is 6.54 Å². The molecule has 102 valence electrons. The quantitative estimate of drug-likeness (QED) is 0.754. The largest absolute Gasteiger partial charge is 0.475 e. The molecule has 7 nitrogen and oxygen atoms in total. The Balaban J connectivity index is 2.18. The van der Waals surface area contributed by atoms with Gasteiger partial charge in [-0.2, -0.15) is 0 Å². The number of carbonyl (C=O) groups is 3. The lowest BCUT2D eigenvalue weighted by atomic mass is 10.1. The Morgan fingerprint density at radius 3 is 2.84 bits per heavy atom. The predicted molar refractivity (Wildman–Crippen MR) is 63.4 cm³/mol. The van der Waals surface area contributed by atoms with Crippen molar-refractivity contribution in [3.05, 3.63) is 23.2 Å². The highest BCUT2D eigenvalue weighted by Gasteiger charge is 2.31. The third-order valence-electron chi connectivity index (χ3n) is 3.14. The molecule has 0 bridgehead atoms. The van der Waals surface area contributed by atoms with Crippen molar-refractivity contribution in [3.63, 3.8) is 0 Å². The van der Waals surface area contributed by atoms with Crippen LogP contribution in [0.15, 0.2) is 10.5 Å². The first-order valence-electron chi connectivity index (χ1n) is 5.79. The second-order valence-electron chi connectivity index (χ2n) is 4.49. The molecule has 19 heavy (non-hydrogen) atoms. The lowest BCUT2D eigenvalue weighted by Crippen LogP contribution is -2.56. The summed E-state index contributed by atoms with van der Waals surface area (Å²) in [5.74, 6) is -1.52. The number of hydrogen-bond donors (Lipinski definition) is 2. The summed E-state index contributed by atoms with van der Waals surface area (Å²) in [6, 6.07) is 0.974. The zero-order chi connectivity index (χ0) is 14.2. The molecule has 7 heteroatoms. The van der Waals surface area contributed by atoms with Crippen LogP contribution in [-0.2, 0) is 16.1 Å². The van der Waals surface area contributed by atoms with E-state index in [-0.39, 0.29) is 24.1 Å². The van der Waals surface area contributed by atoms with Crippen LogP contribution >= 0.6 is 0 Å². The van der Waals surface area contributed by atoms with Crippen LogP contribution in [0.25, 0.3) is 0 Å². The maximum atomic E-state index is 11.5. The van der Waals surface area contributed by atoms with Crippen molar-refractivity contribution in [1.82, 2.24) is 10.2 Å². The van der Waals surface area contributed by atoms with Crippen LogP contribution in [0.4, 0.5) is 0 Å². The number of hydrogen-bond acceptors (Lipinski definition) is 5. The highest BCUT2D eigenvalue weighted by molar-refractivity contribution is 6.00. The average Bonchev–Trinajstić information content (AvgIpc) is 2.67. The molecule has 1 saturated heterocycles. The molecule has 1 aliphatic heterocycles. The summed E-state index contributed by atoms with van der Waals surface area (Å²) in [5, 5.41) is 11.1. The highest BCUT2D eigenvalue weighted by Crippen LogP contribution is 2.19. The molecular formula is C12H14N2O5. The van der Waals surface area contributed by atoms with E-state index in [0.29, 0.717) is 17.9 Å². The molecule has 2 amide bonds. The van der Waals surface area contributed by atoms with Crippen LogP contribution in [0.2, 0.25) is 0 Å². The van der Waals surface area contributed by atoms with Gasteiger partial charge in [0.25, 0.3) is 0 Å². The van der Waals surface area contributed by atoms with Crippen molar-refractivity contribution in [2.24, 2.45) is 0 Å². The van der Waals surface area contributed by atoms with Gasteiger partial charge < -0.3 is 9.52 Å². The van der Waals surface area contributed by atoms with Gasteiger partial charge >= 0.3 is 5.97 Å². The molecule has 1 atom stereocenters. The van der Waals surface area contributed by atoms with Crippen molar-refractivity contribution in [3.8, 4) is 0 Å². The number of aromatic carboxylic acids is 1. The summed E-state index contributed by atoms with van der Waals surface area (Å²) in [7, 11) is 0. The number of carbonyl (C=O) groups excluding carboxylic acids is 2. The van der Waals surface area contributed by atoms with E-state index in [4.69, 9.17) is 9.52 Å². The van der Waals surface area contributed by atoms with Gasteiger partial charge in [-0.15, -0.1) is 0 Å². The number of aryl methyl sites for hydroxylation is 1. The van der Waals surface area contributed by atoms with Crippen LogP contribution in [-0.4, -0.2) is 40.4 Å². The zero-order valence-electron chi connectivity index (χ0n) is 10.6. The molecule has 0 spiro atoms. The van der Waals surface area contributed by atoms with Crippen LogP contribution in [0.3, 0.4) is 0 Å². The number of imide groups is 1. The summed E-state index contributed by atoms with van der Waals surface area (Å²) in [5.41, 5.74) is 0.659. The number of furan rings is 1. The van der Waals surface area contributed by atoms with E-state index in [1.165, 1.54) is 6.07 Å². The second-order valence-corrected chi connectivity index (χ2v) is 4.49. The number of nitrogens with zero attached hydrogens (tertiary/aromatic N) is 1. The maximum absolute atomic E-state index is 11.5. The second kappa shape index (κ2) is 4.85. The van der Waals surface area contributed by atoms with Crippen LogP contribution in [0.5, 0.6) is 0 Å². The third-order valence-corrected chi connectivity index (χ3v) is 3.14. The molecular weight excluding hydrogens is 252 g/mol. The van der Waals surface area contributed by atoms with Crippen LogP contribution in [0, 0.1) is 6.92 Å². The summed E-state index contributed by atoms with van der Waals surface area (Å²) in [4.78, 5) is 35.3. The number of rotatable bonds is 3. The van der Waals surface area contributed by atoms with E-state index in [1.807, 2.05) is 0 Å². The first-order chi connectivity index (χ1) is 8.88. The minimum absolute atomic E-state index is 0.0972. The summed E-state index contributed by atoms with van der Waals surface area (Å²) in [6.07, 6.45) is 0. The minimum Gasteiger partial charge on any atom is -0.475 e. The molecule has 0 aliphatic carbocycles. The predicted octanol–water partition coefficient (Wildman–Crippen LogP) is 0.133. The minimum atomic E-state index is -1.14. The number of carboxylic acid groups (broad SMARTS) is 1. The van der Waals surface area contributed by atoms with E-state index in [2.05, 4.69) is 5.32 Å². The van der Waals surface area contributed by atoms with Crippen molar-refractivity contribution in [1.29, 1.82) is 0 Å². The molecule has 2 N–H and O–H groups in total. The lowest BCUT2D eigenvalue weighted by molar-refractivity contribution is -0.139.